The first-order valence-corrected chi connectivity index (χ1v) is 6.34. The number of aromatic nitrogens is 4. The molecule has 1 aliphatic carbocycles. The lowest BCUT2D eigenvalue weighted by Gasteiger charge is -2.11. The Labute approximate surface area is 105 Å². The molecule has 0 saturated heterocycles. The molecule has 2 aromatic heterocycles. The Hall–Kier alpha value is -1.69. The third-order valence-electron chi connectivity index (χ3n) is 3.05. The summed E-state index contributed by atoms with van der Waals surface area (Å²) >= 11 is 0. The molecule has 0 aromatic carbocycles. The second-order valence-electron chi connectivity index (χ2n) is 4.83. The molecule has 0 bridgehead atoms. The highest BCUT2D eigenvalue weighted by atomic mass is 16.5. The van der Waals surface area contributed by atoms with Crippen molar-refractivity contribution in [2.75, 3.05) is 0 Å². The van der Waals surface area contributed by atoms with Gasteiger partial charge in [0.1, 0.15) is 0 Å². The molecule has 6 nitrogen and oxygen atoms in total. The molecule has 0 amide bonds. The van der Waals surface area contributed by atoms with Gasteiger partial charge in [0.25, 0.3) is 0 Å². The van der Waals surface area contributed by atoms with Gasteiger partial charge < -0.3 is 9.84 Å². The fourth-order valence-corrected chi connectivity index (χ4v) is 1.86. The standard InChI is InChI=1S/C12H17N5O/c1-9(8-17-6-2-5-14-17)13-7-11-15-12(16-18-11)10-3-4-10/h2,5-6,9-10,13H,3-4,7-8H2,1H3/t9-/m1/s1. The number of hydrogen-bond acceptors (Lipinski definition) is 5. The molecule has 0 unspecified atom stereocenters. The lowest BCUT2D eigenvalue weighted by molar-refractivity contribution is 0.347. The minimum Gasteiger partial charge on any atom is -0.338 e. The van der Waals surface area contributed by atoms with Gasteiger partial charge in [-0.05, 0) is 25.8 Å². The molecular weight excluding hydrogens is 230 g/mol. The number of nitrogens with one attached hydrogen (secondary N) is 1. The van der Waals surface area contributed by atoms with Crippen molar-refractivity contribution in [1.82, 2.24) is 25.2 Å². The van der Waals surface area contributed by atoms with E-state index in [1.54, 1.807) is 6.20 Å². The van der Waals surface area contributed by atoms with Crippen molar-refractivity contribution in [2.24, 2.45) is 0 Å². The molecule has 2 heterocycles. The van der Waals surface area contributed by atoms with Crippen LogP contribution in [0.2, 0.25) is 0 Å². The first-order valence-electron chi connectivity index (χ1n) is 6.34. The van der Waals surface area contributed by atoms with E-state index in [1.165, 1.54) is 12.8 Å². The van der Waals surface area contributed by atoms with Crippen LogP contribution >= 0.6 is 0 Å². The van der Waals surface area contributed by atoms with Crippen LogP contribution in [-0.2, 0) is 13.1 Å². The fourth-order valence-electron chi connectivity index (χ4n) is 1.86. The van der Waals surface area contributed by atoms with Crippen LogP contribution in [0.1, 0.15) is 37.4 Å². The molecule has 1 aliphatic rings. The predicted molar refractivity (Wildman–Crippen MR) is 64.8 cm³/mol. The second-order valence-corrected chi connectivity index (χ2v) is 4.83. The monoisotopic (exact) mass is 247 g/mol. The van der Waals surface area contributed by atoms with Crippen LogP contribution in [0, 0.1) is 0 Å². The van der Waals surface area contributed by atoms with E-state index in [9.17, 15) is 0 Å². The van der Waals surface area contributed by atoms with Crippen LogP contribution in [0.3, 0.4) is 0 Å². The van der Waals surface area contributed by atoms with Gasteiger partial charge in [-0.25, -0.2) is 0 Å². The average Bonchev–Trinajstić information content (AvgIpc) is 2.90. The van der Waals surface area contributed by atoms with Crippen molar-refractivity contribution in [3.63, 3.8) is 0 Å². The Morgan fingerprint density at radius 2 is 2.44 bits per heavy atom. The van der Waals surface area contributed by atoms with Crippen molar-refractivity contribution in [2.45, 2.75) is 44.8 Å². The molecule has 96 valence electrons. The maximum absolute atomic E-state index is 5.21. The molecule has 3 rings (SSSR count). The van der Waals surface area contributed by atoms with Crippen molar-refractivity contribution < 1.29 is 4.52 Å². The zero-order valence-corrected chi connectivity index (χ0v) is 10.4. The van der Waals surface area contributed by atoms with E-state index in [-0.39, 0.29) is 0 Å². The molecule has 18 heavy (non-hydrogen) atoms. The summed E-state index contributed by atoms with van der Waals surface area (Å²) in [6.07, 6.45) is 6.13. The van der Waals surface area contributed by atoms with E-state index < -0.39 is 0 Å². The number of nitrogens with zero attached hydrogens (tertiary/aromatic N) is 4. The molecule has 1 atom stereocenters. The predicted octanol–water partition coefficient (Wildman–Crippen LogP) is 1.32. The summed E-state index contributed by atoms with van der Waals surface area (Å²) in [4.78, 5) is 4.38. The van der Waals surface area contributed by atoms with Crippen molar-refractivity contribution in [1.29, 1.82) is 0 Å². The Kier molecular flexibility index (Phi) is 3.10. The van der Waals surface area contributed by atoms with E-state index in [0.717, 1.165) is 12.4 Å². The van der Waals surface area contributed by atoms with Crippen molar-refractivity contribution >= 4 is 0 Å². The third-order valence-corrected chi connectivity index (χ3v) is 3.05. The quantitative estimate of drug-likeness (QED) is 0.833. The van der Waals surface area contributed by atoms with Crippen LogP contribution in [0.5, 0.6) is 0 Å². The summed E-state index contributed by atoms with van der Waals surface area (Å²) < 4.78 is 7.11. The maximum Gasteiger partial charge on any atom is 0.240 e. The van der Waals surface area contributed by atoms with Crippen LogP contribution in [0.4, 0.5) is 0 Å². The number of hydrogen-bond donors (Lipinski definition) is 1. The Morgan fingerprint density at radius 3 is 3.17 bits per heavy atom. The summed E-state index contributed by atoms with van der Waals surface area (Å²) in [5.74, 6) is 2.08. The Morgan fingerprint density at radius 1 is 1.56 bits per heavy atom. The van der Waals surface area contributed by atoms with Crippen LogP contribution in [-0.4, -0.2) is 26.0 Å². The third kappa shape index (κ3) is 2.76. The zero-order valence-electron chi connectivity index (χ0n) is 10.4. The highest BCUT2D eigenvalue weighted by molar-refractivity contribution is 5.03. The first-order chi connectivity index (χ1) is 8.81. The lowest BCUT2D eigenvalue weighted by Crippen LogP contribution is -2.30. The van der Waals surface area contributed by atoms with Crippen LogP contribution in [0.15, 0.2) is 23.0 Å². The smallest absolute Gasteiger partial charge is 0.240 e. The average molecular weight is 247 g/mol. The van der Waals surface area contributed by atoms with E-state index in [0.29, 0.717) is 24.4 Å². The van der Waals surface area contributed by atoms with Gasteiger partial charge in [-0.2, -0.15) is 10.1 Å². The van der Waals surface area contributed by atoms with Crippen molar-refractivity contribution in [3.05, 3.63) is 30.2 Å². The van der Waals surface area contributed by atoms with Crippen molar-refractivity contribution in [3.8, 4) is 0 Å². The molecule has 6 heteroatoms. The summed E-state index contributed by atoms with van der Waals surface area (Å²) in [6.45, 7) is 3.55. The minimum atomic E-state index is 0.307. The fraction of sp³-hybridized carbons (Fsp3) is 0.583. The molecule has 0 radical (unpaired) electrons. The van der Waals surface area contributed by atoms with Gasteiger partial charge in [0.2, 0.25) is 5.89 Å². The van der Waals surface area contributed by atoms with E-state index in [1.807, 2.05) is 16.9 Å². The van der Waals surface area contributed by atoms with E-state index >= 15 is 0 Å². The van der Waals surface area contributed by atoms with E-state index in [2.05, 4.69) is 27.5 Å². The van der Waals surface area contributed by atoms with Crippen LogP contribution in [0.25, 0.3) is 0 Å². The van der Waals surface area contributed by atoms with Gasteiger partial charge in [-0.3, -0.25) is 4.68 Å². The molecule has 0 aliphatic heterocycles. The van der Waals surface area contributed by atoms with E-state index in [4.69, 9.17) is 4.52 Å². The SMILES string of the molecule is C[C@H](Cn1cccn1)NCc1nc(C2CC2)no1. The number of rotatable bonds is 6. The van der Waals surface area contributed by atoms with Gasteiger partial charge in [0, 0.05) is 24.4 Å². The summed E-state index contributed by atoms with van der Waals surface area (Å²) in [5, 5.41) is 11.5. The lowest BCUT2D eigenvalue weighted by atomic mass is 10.3. The minimum absolute atomic E-state index is 0.307. The summed E-state index contributed by atoms with van der Waals surface area (Å²) in [5.41, 5.74) is 0. The maximum atomic E-state index is 5.21. The van der Waals surface area contributed by atoms with Crippen LogP contribution < -0.4 is 5.32 Å². The Balaban J connectivity index is 1.47. The topological polar surface area (TPSA) is 68.8 Å². The van der Waals surface area contributed by atoms with Gasteiger partial charge in [0.05, 0.1) is 13.1 Å². The van der Waals surface area contributed by atoms with Gasteiger partial charge >= 0.3 is 0 Å². The van der Waals surface area contributed by atoms with Gasteiger partial charge in [0.15, 0.2) is 5.82 Å². The molecule has 2 aromatic rings. The highest BCUT2D eigenvalue weighted by Gasteiger charge is 2.28. The summed E-state index contributed by atoms with van der Waals surface area (Å²) in [7, 11) is 0. The molecular formula is C12H17N5O. The Bertz CT molecular complexity index is 488. The molecule has 0 spiro atoms. The molecule has 1 saturated carbocycles. The summed E-state index contributed by atoms with van der Waals surface area (Å²) in [6, 6.07) is 2.23. The molecule has 1 fully saturated rings. The van der Waals surface area contributed by atoms with Gasteiger partial charge in [-0.1, -0.05) is 5.16 Å². The van der Waals surface area contributed by atoms with Gasteiger partial charge in [-0.15, -0.1) is 0 Å². The zero-order chi connectivity index (χ0) is 12.4. The first kappa shape index (κ1) is 11.4. The highest BCUT2D eigenvalue weighted by Crippen LogP contribution is 2.37. The second kappa shape index (κ2) is 4.89. The molecule has 1 N–H and O–H groups in total. The largest absolute Gasteiger partial charge is 0.338 e. The normalized spacial score (nSPS) is 16.9.